The number of nitrogens with one attached hydrogen (secondary N) is 1. The third-order valence-electron chi connectivity index (χ3n) is 4.32. The minimum Gasteiger partial charge on any atom is -0.341 e. The van der Waals surface area contributed by atoms with Crippen molar-refractivity contribution in [2.45, 2.75) is 44.2 Å². The zero-order valence-electron chi connectivity index (χ0n) is 14.0. The number of nitrogens with two attached hydrogens (primary N) is 1. The van der Waals surface area contributed by atoms with Gasteiger partial charge in [-0.3, -0.25) is 9.48 Å². The van der Waals surface area contributed by atoms with Gasteiger partial charge in [-0.25, -0.2) is 8.42 Å². The number of likely N-dealkylation sites (tertiary alicyclic amines) is 1. The Morgan fingerprint density at radius 3 is 2.70 bits per heavy atom. The van der Waals surface area contributed by atoms with Gasteiger partial charge < -0.3 is 10.6 Å². The van der Waals surface area contributed by atoms with Crippen molar-refractivity contribution in [3.63, 3.8) is 0 Å². The fourth-order valence-electron chi connectivity index (χ4n) is 2.72. The lowest BCUT2D eigenvalue weighted by atomic mass is 9.79. The first kappa shape index (κ1) is 17.9. The molecule has 0 spiro atoms. The van der Waals surface area contributed by atoms with Crippen molar-refractivity contribution >= 4 is 15.9 Å². The van der Waals surface area contributed by atoms with Crippen molar-refractivity contribution in [1.82, 2.24) is 19.4 Å². The number of hydrogen-bond acceptors (Lipinski definition) is 5. The molecule has 1 aromatic rings. The second-order valence-electron chi connectivity index (χ2n) is 6.84. The lowest BCUT2D eigenvalue weighted by molar-refractivity contribution is -0.136. The van der Waals surface area contributed by atoms with Crippen LogP contribution in [0.5, 0.6) is 0 Å². The normalized spacial score (nSPS) is 22.8. The summed E-state index contributed by atoms with van der Waals surface area (Å²) >= 11 is 0. The van der Waals surface area contributed by atoms with Gasteiger partial charge in [0.15, 0.2) is 0 Å². The van der Waals surface area contributed by atoms with Gasteiger partial charge in [0.25, 0.3) is 0 Å². The molecule has 130 valence electrons. The predicted molar refractivity (Wildman–Crippen MR) is 85.9 cm³/mol. The van der Waals surface area contributed by atoms with E-state index in [0.29, 0.717) is 19.5 Å². The topological polar surface area (TPSA) is 110 Å². The Morgan fingerprint density at radius 2 is 2.17 bits per heavy atom. The standard InChI is InChI=1S/C14H25N5O3S/c1-10(17-23(21,22)11-7-16-18(4)8-11)13(20)19-6-5-12(15)14(2,3)9-19/h7-8,10,12,17H,5-6,9,15H2,1-4H3. The molecule has 1 fully saturated rings. The molecule has 1 aliphatic heterocycles. The van der Waals surface area contributed by atoms with E-state index in [0.717, 1.165) is 0 Å². The van der Waals surface area contributed by atoms with Gasteiger partial charge in [0, 0.05) is 32.4 Å². The highest BCUT2D eigenvalue weighted by Crippen LogP contribution is 2.28. The van der Waals surface area contributed by atoms with Crippen LogP contribution in [0.25, 0.3) is 0 Å². The number of aryl methyl sites for hydroxylation is 1. The van der Waals surface area contributed by atoms with Crippen LogP contribution in [-0.2, 0) is 21.9 Å². The Labute approximate surface area is 137 Å². The molecule has 2 atom stereocenters. The van der Waals surface area contributed by atoms with Gasteiger partial charge in [-0.15, -0.1) is 0 Å². The molecule has 0 saturated carbocycles. The highest BCUT2D eigenvalue weighted by Gasteiger charge is 2.37. The maximum atomic E-state index is 12.5. The molecule has 1 saturated heterocycles. The maximum Gasteiger partial charge on any atom is 0.244 e. The van der Waals surface area contributed by atoms with Crippen molar-refractivity contribution in [3.05, 3.63) is 12.4 Å². The van der Waals surface area contributed by atoms with Crippen molar-refractivity contribution in [3.8, 4) is 0 Å². The zero-order chi connectivity index (χ0) is 17.4. The van der Waals surface area contributed by atoms with Gasteiger partial charge in [-0.1, -0.05) is 13.8 Å². The van der Waals surface area contributed by atoms with E-state index in [9.17, 15) is 13.2 Å². The minimum absolute atomic E-state index is 0.0361. The summed E-state index contributed by atoms with van der Waals surface area (Å²) in [6, 6.07) is -0.806. The second-order valence-corrected chi connectivity index (χ2v) is 8.55. The lowest BCUT2D eigenvalue weighted by Gasteiger charge is -2.43. The summed E-state index contributed by atoms with van der Waals surface area (Å²) in [6.07, 6.45) is 3.35. The average Bonchev–Trinajstić information content (AvgIpc) is 2.88. The molecule has 2 heterocycles. The molecular formula is C14H25N5O3S. The van der Waals surface area contributed by atoms with Crippen LogP contribution in [-0.4, -0.2) is 54.2 Å². The fourth-order valence-corrected chi connectivity index (χ4v) is 3.90. The first-order valence-corrected chi connectivity index (χ1v) is 9.06. The summed E-state index contributed by atoms with van der Waals surface area (Å²) in [5, 5.41) is 3.84. The van der Waals surface area contributed by atoms with Gasteiger partial charge in [0.05, 0.1) is 12.2 Å². The van der Waals surface area contributed by atoms with Crippen molar-refractivity contribution in [2.24, 2.45) is 18.2 Å². The maximum absolute atomic E-state index is 12.5. The molecular weight excluding hydrogens is 318 g/mol. The van der Waals surface area contributed by atoms with Crippen molar-refractivity contribution < 1.29 is 13.2 Å². The molecule has 0 bridgehead atoms. The summed E-state index contributed by atoms with van der Waals surface area (Å²) in [4.78, 5) is 14.3. The molecule has 0 radical (unpaired) electrons. The smallest absolute Gasteiger partial charge is 0.244 e. The van der Waals surface area contributed by atoms with E-state index in [1.807, 2.05) is 13.8 Å². The van der Waals surface area contributed by atoms with Gasteiger partial charge >= 0.3 is 0 Å². The van der Waals surface area contributed by atoms with Crippen LogP contribution in [0.4, 0.5) is 0 Å². The molecule has 8 nitrogen and oxygen atoms in total. The van der Waals surface area contributed by atoms with E-state index in [4.69, 9.17) is 5.73 Å². The number of hydrogen-bond donors (Lipinski definition) is 2. The van der Waals surface area contributed by atoms with Crippen LogP contribution in [0.3, 0.4) is 0 Å². The quantitative estimate of drug-likeness (QED) is 0.778. The van der Waals surface area contributed by atoms with Gasteiger partial charge in [0.2, 0.25) is 15.9 Å². The molecule has 1 aromatic heterocycles. The molecule has 0 aliphatic carbocycles. The fraction of sp³-hybridized carbons (Fsp3) is 0.714. The van der Waals surface area contributed by atoms with Crippen LogP contribution in [0.15, 0.2) is 17.3 Å². The van der Waals surface area contributed by atoms with Gasteiger partial charge in [0.1, 0.15) is 4.90 Å². The summed E-state index contributed by atoms with van der Waals surface area (Å²) < 4.78 is 28.4. The van der Waals surface area contributed by atoms with E-state index in [1.165, 1.54) is 17.1 Å². The highest BCUT2D eigenvalue weighted by molar-refractivity contribution is 7.89. The van der Waals surface area contributed by atoms with E-state index < -0.39 is 16.1 Å². The number of piperidine rings is 1. The Balaban J connectivity index is 2.06. The average molecular weight is 343 g/mol. The number of rotatable bonds is 4. The Morgan fingerprint density at radius 1 is 1.52 bits per heavy atom. The highest BCUT2D eigenvalue weighted by atomic mass is 32.2. The Hall–Kier alpha value is -1.45. The molecule has 0 aromatic carbocycles. The number of amides is 1. The van der Waals surface area contributed by atoms with E-state index >= 15 is 0 Å². The first-order valence-electron chi connectivity index (χ1n) is 7.58. The van der Waals surface area contributed by atoms with E-state index in [-0.39, 0.29) is 22.3 Å². The lowest BCUT2D eigenvalue weighted by Crippen LogP contribution is -2.57. The molecule has 2 rings (SSSR count). The number of sulfonamides is 1. The molecule has 1 amide bonds. The number of carbonyl (C=O) groups is 1. The van der Waals surface area contributed by atoms with Crippen molar-refractivity contribution in [2.75, 3.05) is 13.1 Å². The molecule has 1 aliphatic rings. The minimum atomic E-state index is -3.77. The third kappa shape index (κ3) is 3.91. The van der Waals surface area contributed by atoms with Crippen LogP contribution in [0.2, 0.25) is 0 Å². The first-order chi connectivity index (χ1) is 10.5. The monoisotopic (exact) mass is 343 g/mol. The third-order valence-corrected chi connectivity index (χ3v) is 5.81. The SMILES string of the molecule is CC(NS(=O)(=O)c1cnn(C)c1)C(=O)N1CCC(N)C(C)(C)C1. The van der Waals surface area contributed by atoms with E-state index in [1.54, 1.807) is 18.9 Å². The Kier molecular flexibility index (Phi) is 4.84. The predicted octanol–water partition coefficient (Wildman–Crippen LogP) is -0.327. The summed E-state index contributed by atoms with van der Waals surface area (Å²) in [5.41, 5.74) is 5.89. The number of aromatic nitrogens is 2. The molecule has 3 N–H and O–H groups in total. The number of nitrogens with zero attached hydrogens (tertiary/aromatic N) is 3. The Bertz CT molecular complexity index is 682. The van der Waals surface area contributed by atoms with E-state index in [2.05, 4.69) is 9.82 Å². The largest absolute Gasteiger partial charge is 0.341 e. The number of carbonyl (C=O) groups excluding carboxylic acids is 1. The molecule has 23 heavy (non-hydrogen) atoms. The van der Waals surface area contributed by atoms with Crippen LogP contribution in [0, 0.1) is 5.41 Å². The molecule has 2 unspecified atom stereocenters. The summed E-state index contributed by atoms with van der Waals surface area (Å²) in [5.74, 6) is -0.238. The van der Waals surface area contributed by atoms with Crippen LogP contribution >= 0.6 is 0 Å². The van der Waals surface area contributed by atoms with Crippen LogP contribution < -0.4 is 10.5 Å². The molecule has 9 heteroatoms. The summed E-state index contributed by atoms with van der Waals surface area (Å²) in [7, 11) is -2.14. The van der Waals surface area contributed by atoms with Crippen molar-refractivity contribution in [1.29, 1.82) is 0 Å². The second kappa shape index (κ2) is 6.21. The zero-order valence-corrected chi connectivity index (χ0v) is 14.8. The summed E-state index contributed by atoms with van der Waals surface area (Å²) in [6.45, 7) is 6.65. The van der Waals surface area contributed by atoms with Gasteiger partial charge in [-0.05, 0) is 18.8 Å². The van der Waals surface area contributed by atoms with Crippen LogP contribution in [0.1, 0.15) is 27.2 Å². The van der Waals surface area contributed by atoms with Gasteiger partial charge in [-0.2, -0.15) is 9.82 Å².